The first-order valence-corrected chi connectivity index (χ1v) is 8.40. The zero-order chi connectivity index (χ0) is 17.6. The molecule has 0 aromatic heterocycles. The van der Waals surface area contributed by atoms with Gasteiger partial charge in [0.25, 0.3) is 0 Å². The Labute approximate surface area is 164 Å². The third-order valence-electron chi connectivity index (χ3n) is 4.23. The molecule has 0 bridgehead atoms. The van der Waals surface area contributed by atoms with Gasteiger partial charge in [-0.15, -0.1) is 38.0 Å². The van der Waals surface area contributed by atoms with E-state index in [1.165, 1.54) is 6.07 Å². The van der Waals surface area contributed by atoms with E-state index in [1.54, 1.807) is 0 Å². The highest BCUT2D eigenvalue weighted by molar-refractivity contribution is 5.85. The van der Waals surface area contributed by atoms with Gasteiger partial charge >= 0.3 is 6.36 Å². The highest BCUT2D eigenvalue weighted by Gasteiger charge is 2.32. The number of ether oxygens (including phenoxy) is 1. The number of hydrogen-bond acceptors (Lipinski definition) is 3. The molecule has 26 heavy (non-hydrogen) atoms. The van der Waals surface area contributed by atoms with Crippen LogP contribution >= 0.6 is 24.8 Å². The van der Waals surface area contributed by atoms with Crippen LogP contribution < -0.4 is 10.1 Å². The first-order chi connectivity index (χ1) is 11.4. The van der Waals surface area contributed by atoms with E-state index in [1.807, 2.05) is 0 Å². The molecule has 0 aliphatic carbocycles. The highest BCUT2D eigenvalue weighted by atomic mass is 35.5. The van der Waals surface area contributed by atoms with Gasteiger partial charge < -0.3 is 10.1 Å². The van der Waals surface area contributed by atoms with E-state index in [0.717, 1.165) is 64.0 Å². The molecule has 1 aromatic rings. The average Bonchev–Trinajstić information content (AvgIpc) is 2.53. The quantitative estimate of drug-likeness (QED) is 0.490. The number of piperazine rings is 1. The molecule has 1 heterocycles. The van der Waals surface area contributed by atoms with Crippen molar-refractivity contribution in [3.05, 3.63) is 29.6 Å². The fourth-order valence-corrected chi connectivity index (χ4v) is 3.09. The van der Waals surface area contributed by atoms with Crippen LogP contribution in [0.2, 0.25) is 0 Å². The second-order valence-electron chi connectivity index (χ2n) is 6.03. The van der Waals surface area contributed by atoms with E-state index >= 15 is 0 Å². The molecule has 0 spiro atoms. The topological polar surface area (TPSA) is 24.5 Å². The van der Waals surface area contributed by atoms with Gasteiger partial charge in [0.2, 0.25) is 0 Å². The number of nitrogens with one attached hydrogen (secondary N) is 1. The maximum Gasteiger partial charge on any atom is 0.573 e. The molecule has 9 heteroatoms. The summed E-state index contributed by atoms with van der Waals surface area (Å²) >= 11 is 0. The van der Waals surface area contributed by atoms with E-state index in [2.05, 4.69) is 21.9 Å². The Morgan fingerprint density at radius 3 is 2.38 bits per heavy atom. The molecule has 1 aliphatic rings. The lowest BCUT2D eigenvalue weighted by Gasteiger charge is -2.35. The van der Waals surface area contributed by atoms with Crippen LogP contribution in [0.4, 0.5) is 17.6 Å². The van der Waals surface area contributed by atoms with Crippen LogP contribution in [0.1, 0.15) is 44.2 Å². The van der Waals surface area contributed by atoms with Crippen molar-refractivity contribution < 1.29 is 22.3 Å². The van der Waals surface area contributed by atoms with Crippen molar-refractivity contribution >= 4 is 24.8 Å². The van der Waals surface area contributed by atoms with Crippen LogP contribution in [0.3, 0.4) is 0 Å². The van der Waals surface area contributed by atoms with Gasteiger partial charge in [0.15, 0.2) is 0 Å². The summed E-state index contributed by atoms with van der Waals surface area (Å²) in [6, 6.07) is 3.05. The molecule has 152 valence electrons. The van der Waals surface area contributed by atoms with Crippen LogP contribution in [-0.4, -0.2) is 37.4 Å². The van der Waals surface area contributed by atoms with Gasteiger partial charge in [0.05, 0.1) is 0 Å². The number of alkyl halides is 3. The third kappa shape index (κ3) is 7.86. The molecule has 3 nitrogen and oxygen atoms in total. The Morgan fingerprint density at radius 1 is 1.15 bits per heavy atom. The summed E-state index contributed by atoms with van der Waals surface area (Å²) < 4.78 is 55.6. The van der Waals surface area contributed by atoms with Crippen molar-refractivity contribution in [2.24, 2.45) is 0 Å². The van der Waals surface area contributed by atoms with Crippen LogP contribution in [0, 0.1) is 5.82 Å². The minimum absolute atomic E-state index is 0. The van der Waals surface area contributed by atoms with Crippen LogP contribution in [0.5, 0.6) is 5.75 Å². The van der Waals surface area contributed by atoms with Crippen molar-refractivity contribution in [1.29, 1.82) is 0 Å². The summed E-state index contributed by atoms with van der Waals surface area (Å²) in [6.45, 7) is 5.18. The summed E-state index contributed by atoms with van der Waals surface area (Å²) in [5.74, 6) is -0.848. The number of hydrogen-bond donors (Lipinski definition) is 1. The summed E-state index contributed by atoms with van der Waals surface area (Å²) in [5, 5.41) is 3.24. The highest BCUT2D eigenvalue weighted by Crippen LogP contribution is 2.33. The monoisotopic (exact) mass is 420 g/mol. The number of halogens is 6. The number of nitrogens with zero attached hydrogens (tertiary/aromatic N) is 1. The molecule has 2 rings (SSSR count). The number of benzene rings is 1. The summed E-state index contributed by atoms with van der Waals surface area (Å²) in [4.78, 5) is 2.14. The maximum absolute atomic E-state index is 14.3. The maximum atomic E-state index is 14.3. The summed E-state index contributed by atoms with van der Waals surface area (Å²) in [7, 11) is 0. The molecule has 0 saturated carbocycles. The van der Waals surface area contributed by atoms with Crippen molar-refractivity contribution in [2.45, 2.75) is 45.0 Å². The van der Waals surface area contributed by atoms with Crippen molar-refractivity contribution in [1.82, 2.24) is 10.2 Å². The Balaban J connectivity index is 0.00000312. The largest absolute Gasteiger partial charge is 0.573 e. The van der Waals surface area contributed by atoms with Crippen molar-refractivity contribution in [3.8, 4) is 5.75 Å². The summed E-state index contributed by atoms with van der Waals surface area (Å²) in [6.07, 6.45) is -1.09. The van der Waals surface area contributed by atoms with Gasteiger partial charge in [-0.25, -0.2) is 4.39 Å². The second kappa shape index (κ2) is 11.8. The predicted octanol–water partition coefficient (Wildman–Crippen LogP) is 5.09. The third-order valence-corrected chi connectivity index (χ3v) is 4.23. The number of rotatable bonds is 7. The normalized spacial score (nSPS) is 16.3. The standard InChI is InChI=1S/C17H24F4N2O.2ClH/c1-2-3-4-5-16(23-10-8-22-9-11-23)14-12-13(6-7-15(14)18)24-17(19,20)21;;/h6-7,12,16,22H,2-5,8-11H2,1H3;2*1H/t16-;;/m1../s1. The zero-order valence-corrected chi connectivity index (χ0v) is 16.3. The number of unbranched alkanes of at least 4 members (excludes halogenated alkanes) is 2. The minimum Gasteiger partial charge on any atom is -0.406 e. The molecule has 0 radical (unpaired) electrons. The Morgan fingerprint density at radius 2 is 1.81 bits per heavy atom. The van der Waals surface area contributed by atoms with E-state index in [0.29, 0.717) is 0 Å². The van der Waals surface area contributed by atoms with Crippen LogP contribution in [-0.2, 0) is 0 Å². The Kier molecular flexibility index (Phi) is 11.5. The molecule has 1 atom stereocenters. The van der Waals surface area contributed by atoms with Gasteiger partial charge in [0.1, 0.15) is 11.6 Å². The zero-order valence-electron chi connectivity index (χ0n) is 14.7. The first-order valence-electron chi connectivity index (χ1n) is 8.40. The second-order valence-corrected chi connectivity index (χ2v) is 6.03. The first kappa shape index (κ1) is 25.2. The molecule has 1 aliphatic heterocycles. The lowest BCUT2D eigenvalue weighted by atomic mass is 9.97. The van der Waals surface area contributed by atoms with Gasteiger partial charge in [0, 0.05) is 37.8 Å². The average molecular weight is 421 g/mol. The molecule has 1 aromatic carbocycles. The molecular formula is C17H26Cl2F4N2O. The molecule has 0 amide bonds. The van der Waals surface area contributed by atoms with Gasteiger partial charge in [-0.3, -0.25) is 4.90 Å². The smallest absolute Gasteiger partial charge is 0.406 e. The Bertz CT molecular complexity index is 526. The van der Waals surface area contributed by atoms with Crippen LogP contribution in [0.15, 0.2) is 18.2 Å². The van der Waals surface area contributed by atoms with Crippen molar-refractivity contribution in [3.63, 3.8) is 0 Å². The summed E-state index contributed by atoms with van der Waals surface area (Å²) in [5.41, 5.74) is 0.287. The van der Waals surface area contributed by atoms with E-state index in [4.69, 9.17) is 0 Å². The lowest BCUT2D eigenvalue weighted by molar-refractivity contribution is -0.274. The minimum atomic E-state index is -4.78. The van der Waals surface area contributed by atoms with E-state index in [-0.39, 0.29) is 42.2 Å². The van der Waals surface area contributed by atoms with Crippen molar-refractivity contribution in [2.75, 3.05) is 26.2 Å². The van der Waals surface area contributed by atoms with E-state index < -0.39 is 12.2 Å². The predicted molar refractivity (Wildman–Crippen MR) is 98.9 cm³/mol. The van der Waals surface area contributed by atoms with Gasteiger partial charge in [-0.1, -0.05) is 26.2 Å². The molecule has 1 saturated heterocycles. The fourth-order valence-electron chi connectivity index (χ4n) is 3.09. The lowest BCUT2D eigenvalue weighted by Crippen LogP contribution is -2.45. The fraction of sp³-hybridized carbons (Fsp3) is 0.647. The molecule has 1 fully saturated rings. The van der Waals surface area contributed by atoms with E-state index in [9.17, 15) is 17.6 Å². The molecule has 1 N–H and O–H groups in total. The van der Waals surface area contributed by atoms with Gasteiger partial charge in [-0.2, -0.15) is 0 Å². The molecule has 0 unspecified atom stereocenters. The Hall–Kier alpha value is -0.760. The van der Waals surface area contributed by atoms with Gasteiger partial charge in [-0.05, 0) is 24.6 Å². The molecular weight excluding hydrogens is 395 g/mol. The SMILES string of the molecule is CCCCC[C@H](c1cc(OC(F)(F)F)ccc1F)N1CCNCC1.Cl.Cl. The van der Waals surface area contributed by atoms with Crippen LogP contribution in [0.25, 0.3) is 0 Å².